The number of nitrogens with zero attached hydrogens (tertiary/aromatic N) is 1. The molecule has 0 aliphatic heterocycles. The van der Waals surface area contributed by atoms with Gasteiger partial charge in [-0.3, -0.25) is 0 Å². The van der Waals surface area contributed by atoms with E-state index in [1.54, 1.807) is 12.1 Å². The summed E-state index contributed by atoms with van der Waals surface area (Å²) >= 11 is 0. The SMILES string of the molecule is CCCCC(CC)COCCCOc1cccc(C#N)c1. The quantitative estimate of drug-likeness (QED) is 0.561. The van der Waals surface area contributed by atoms with Crippen LogP contribution in [0.4, 0.5) is 0 Å². The lowest BCUT2D eigenvalue weighted by Crippen LogP contribution is -2.11. The first-order chi connectivity index (χ1) is 10.3. The summed E-state index contributed by atoms with van der Waals surface area (Å²) < 4.78 is 11.3. The van der Waals surface area contributed by atoms with Gasteiger partial charge in [0.2, 0.25) is 0 Å². The van der Waals surface area contributed by atoms with Crippen LogP contribution in [0, 0.1) is 17.2 Å². The van der Waals surface area contributed by atoms with Gasteiger partial charge < -0.3 is 9.47 Å². The van der Waals surface area contributed by atoms with Crippen LogP contribution >= 0.6 is 0 Å². The molecule has 1 unspecified atom stereocenters. The maximum absolute atomic E-state index is 8.81. The maximum atomic E-state index is 8.81. The number of hydrogen-bond donors (Lipinski definition) is 0. The van der Waals surface area contributed by atoms with E-state index < -0.39 is 0 Å². The smallest absolute Gasteiger partial charge is 0.120 e. The second-order valence-electron chi connectivity index (χ2n) is 5.33. The predicted molar refractivity (Wildman–Crippen MR) is 85.4 cm³/mol. The Balaban J connectivity index is 2.10. The van der Waals surface area contributed by atoms with Gasteiger partial charge in [-0.25, -0.2) is 0 Å². The molecule has 116 valence electrons. The van der Waals surface area contributed by atoms with Crippen molar-refractivity contribution in [1.29, 1.82) is 5.26 Å². The van der Waals surface area contributed by atoms with Crippen molar-refractivity contribution < 1.29 is 9.47 Å². The van der Waals surface area contributed by atoms with Crippen LogP contribution in [0.25, 0.3) is 0 Å². The monoisotopic (exact) mass is 289 g/mol. The molecule has 21 heavy (non-hydrogen) atoms. The van der Waals surface area contributed by atoms with Gasteiger partial charge in [0.15, 0.2) is 0 Å². The van der Waals surface area contributed by atoms with Gasteiger partial charge in [0.1, 0.15) is 5.75 Å². The van der Waals surface area contributed by atoms with Crippen molar-refractivity contribution in [3.05, 3.63) is 29.8 Å². The van der Waals surface area contributed by atoms with E-state index in [2.05, 4.69) is 19.9 Å². The van der Waals surface area contributed by atoms with Crippen LogP contribution in [0.2, 0.25) is 0 Å². The Kier molecular flexibility index (Phi) is 9.32. The Morgan fingerprint density at radius 3 is 2.76 bits per heavy atom. The van der Waals surface area contributed by atoms with E-state index in [0.717, 1.165) is 25.4 Å². The maximum Gasteiger partial charge on any atom is 0.120 e. The molecule has 1 atom stereocenters. The lowest BCUT2D eigenvalue weighted by atomic mass is 10.0. The zero-order valence-corrected chi connectivity index (χ0v) is 13.3. The third-order valence-electron chi connectivity index (χ3n) is 3.56. The summed E-state index contributed by atoms with van der Waals surface area (Å²) in [7, 11) is 0. The first kappa shape index (κ1) is 17.5. The number of ether oxygens (including phenoxy) is 2. The molecule has 0 aromatic heterocycles. The van der Waals surface area contributed by atoms with E-state index in [1.807, 2.05) is 12.1 Å². The molecule has 0 amide bonds. The second kappa shape index (κ2) is 11.2. The van der Waals surface area contributed by atoms with Gasteiger partial charge in [0.25, 0.3) is 0 Å². The average Bonchev–Trinajstić information content (AvgIpc) is 2.53. The minimum atomic E-state index is 0.626. The summed E-state index contributed by atoms with van der Waals surface area (Å²) in [5.74, 6) is 1.45. The molecule has 0 saturated heterocycles. The van der Waals surface area contributed by atoms with Gasteiger partial charge >= 0.3 is 0 Å². The summed E-state index contributed by atoms with van der Waals surface area (Å²) in [6.45, 7) is 6.68. The molecule has 3 heteroatoms. The first-order valence-corrected chi connectivity index (χ1v) is 8.00. The predicted octanol–water partition coefficient (Wildman–Crippen LogP) is 4.56. The van der Waals surface area contributed by atoms with Crippen LogP contribution in [0.15, 0.2) is 24.3 Å². The fraction of sp³-hybridized carbons (Fsp3) is 0.611. The molecule has 1 aromatic rings. The molecule has 0 bridgehead atoms. The van der Waals surface area contributed by atoms with Crippen LogP contribution in [-0.2, 0) is 4.74 Å². The molecule has 0 aliphatic rings. The molecule has 0 saturated carbocycles. The summed E-state index contributed by atoms with van der Waals surface area (Å²) in [4.78, 5) is 0. The lowest BCUT2D eigenvalue weighted by molar-refractivity contribution is 0.0842. The van der Waals surface area contributed by atoms with Gasteiger partial charge in [-0.1, -0.05) is 39.2 Å². The van der Waals surface area contributed by atoms with Crippen molar-refractivity contribution in [3.8, 4) is 11.8 Å². The molecular weight excluding hydrogens is 262 g/mol. The van der Waals surface area contributed by atoms with E-state index in [9.17, 15) is 0 Å². The molecule has 1 aromatic carbocycles. The summed E-state index contributed by atoms with van der Waals surface area (Å²) in [6, 6.07) is 9.36. The Morgan fingerprint density at radius 1 is 1.19 bits per heavy atom. The number of unbranched alkanes of at least 4 members (excludes halogenated alkanes) is 1. The van der Waals surface area contributed by atoms with Gasteiger partial charge in [0.05, 0.1) is 18.2 Å². The molecule has 0 aliphatic carbocycles. The molecule has 0 radical (unpaired) electrons. The highest BCUT2D eigenvalue weighted by molar-refractivity contribution is 5.36. The minimum Gasteiger partial charge on any atom is -0.493 e. The van der Waals surface area contributed by atoms with Gasteiger partial charge in [0, 0.05) is 19.6 Å². The Hall–Kier alpha value is -1.53. The number of rotatable bonds is 11. The summed E-state index contributed by atoms with van der Waals surface area (Å²) in [5, 5.41) is 8.81. The van der Waals surface area contributed by atoms with E-state index in [0.29, 0.717) is 18.1 Å². The zero-order chi connectivity index (χ0) is 15.3. The summed E-state index contributed by atoms with van der Waals surface area (Å²) in [5.41, 5.74) is 0.630. The Labute approximate surface area is 128 Å². The highest BCUT2D eigenvalue weighted by Gasteiger charge is 2.05. The van der Waals surface area contributed by atoms with E-state index in [4.69, 9.17) is 14.7 Å². The van der Waals surface area contributed by atoms with Crippen LogP contribution < -0.4 is 4.74 Å². The highest BCUT2D eigenvalue weighted by atomic mass is 16.5. The lowest BCUT2D eigenvalue weighted by Gasteiger charge is -2.14. The minimum absolute atomic E-state index is 0.626. The van der Waals surface area contributed by atoms with Crippen LogP contribution in [-0.4, -0.2) is 19.8 Å². The first-order valence-electron chi connectivity index (χ1n) is 8.00. The molecule has 0 heterocycles. The fourth-order valence-corrected chi connectivity index (χ4v) is 2.15. The zero-order valence-electron chi connectivity index (χ0n) is 13.3. The number of hydrogen-bond acceptors (Lipinski definition) is 3. The molecular formula is C18H27NO2. The van der Waals surface area contributed by atoms with E-state index >= 15 is 0 Å². The molecule has 3 nitrogen and oxygen atoms in total. The normalized spacial score (nSPS) is 11.9. The van der Waals surface area contributed by atoms with Crippen LogP contribution in [0.1, 0.15) is 51.5 Å². The van der Waals surface area contributed by atoms with Crippen molar-refractivity contribution in [3.63, 3.8) is 0 Å². The second-order valence-corrected chi connectivity index (χ2v) is 5.33. The topological polar surface area (TPSA) is 42.2 Å². The largest absolute Gasteiger partial charge is 0.493 e. The van der Waals surface area contributed by atoms with Crippen molar-refractivity contribution in [2.24, 2.45) is 5.92 Å². The molecule has 0 N–H and O–H groups in total. The Morgan fingerprint density at radius 2 is 2.05 bits per heavy atom. The molecule has 1 rings (SSSR count). The average molecular weight is 289 g/mol. The third kappa shape index (κ3) is 7.72. The standard InChI is InChI=1S/C18H27NO2/c1-3-5-8-16(4-2)15-20-11-7-12-21-18-10-6-9-17(13-18)14-19/h6,9-10,13,16H,3-5,7-8,11-12,15H2,1-2H3. The highest BCUT2D eigenvalue weighted by Crippen LogP contribution is 2.14. The van der Waals surface area contributed by atoms with Gasteiger partial charge in [-0.05, 0) is 30.5 Å². The van der Waals surface area contributed by atoms with Gasteiger partial charge in [-0.2, -0.15) is 5.26 Å². The van der Waals surface area contributed by atoms with Crippen LogP contribution in [0.3, 0.4) is 0 Å². The van der Waals surface area contributed by atoms with E-state index in [1.165, 1.54) is 25.7 Å². The van der Waals surface area contributed by atoms with Crippen molar-refractivity contribution >= 4 is 0 Å². The van der Waals surface area contributed by atoms with Crippen LogP contribution in [0.5, 0.6) is 5.75 Å². The van der Waals surface area contributed by atoms with Crippen molar-refractivity contribution in [2.45, 2.75) is 46.0 Å². The van der Waals surface area contributed by atoms with Gasteiger partial charge in [-0.15, -0.1) is 0 Å². The third-order valence-corrected chi connectivity index (χ3v) is 3.56. The number of nitriles is 1. The van der Waals surface area contributed by atoms with Crippen molar-refractivity contribution in [2.75, 3.05) is 19.8 Å². The summed E-state index contributed by atoms with van der Waals surface area (Å²) in [6.07, 6.45) is 5.88. The van der Waals surface area contributed by atoms with Crippen molar-refractivity contribution in [1.82, 2.24) is 0 Å². The number of benzene rings is 1. The fourth-order valence-electron chi connectivity index (χ4n) is 2.15. The van der Waals surface area contributed by atoms with E-state index in [-0.39, 0.29) is 0 Å². The molecule has 0 fully saturated rings. The molecule has 0 spiro atoms. The Bertz CT molecular complexity index is 425.